The van der Waals surface area contributed by atoms with Crippen molar-refractivity contribution in [3.05, 3.63) is 24.3 Å². The summed E-state index contributed by atoms with van der Waals surface area (Å²) in [6.07, 6.45) is 2.46. The van der Waals surface area contributed by atoms with Crippen LogP contribution in [0.2, 0.25) is 0 Å². The maximum Gasteiger partial charge on any atom is 0.162 e. The van der Waals surface area contributed by atoms with Gasteiger partial charge in [-0.1, -0.05) is 27.7 Å². The highest BCUT2D eigenvalue weighted by Crippen LogP contribution is 2.32. The third-order valence-corrected chi connectivity index (χ3v) is 5.28. The van der Waals surface area contributed by atoms with Crippen molar-refractivity contribution >= 4 is 16.7 Å². The summed E-state index contributed by atoms with van der Waals surface area (Å²) in [7, 11) is 3.31. The Bertz CT molecular complexity index is 708. The quantitative estimate of drug-likeness (QED) is 0.740. The van der Waals surface area contributed by atoms with E-state index < -0.39 is 0 Å². The first-order chi connectivity index (χ1) is 13.2. The van der Waals surface area contributed by atoms with E-state index in [9.17, 15) is 0 Å². The first kappa shape index (κ1) is 21.3. The lowest BCUT2D eigenvalue weighted by Gasteiger charge is -2.39. The summed E-state index contributed by atoms with van der Waals surface area (Å²) in [5.41, 5.74) is 0.942. The van der Waals surface area contributed by atoms with Gasteiger partial charge in [-0.3, -0.25) is 4.90 Å². The Labute approximate surface area is 164 Å². The minimum Gasteiger partial charge on any atom is -0.493 e. The lowest BCUT2D eigenvalue weighted by Crippen LogP contribution is -2.50. The van der Waals surface area contributed by atoms with Crippen molar-refractivity contribution in [3.63, 3.8) is 0 Å². The van der Waals surface area contributed by atoms with Crippen LogP contribution < -0.4 is 14.4 Å². The number of aromatic nitrogens is 1. The van der Waals surface area contributed by atoms with Crippen molar-refractivity contribution in [1.29, 1.82) is 0 Å². The lowest BCUT2D eigenvalue weighted by atomic mass is 10.1. The van der Waals surface area contributed by atoms with E-state index in [4.69, 9.17) is 14.5 Å². The molecule has 3 rings (SSSR count). The van der Waals surface area contributed by atoms with Gasteiger partial charge in [-0.2, -0.15) is 0 Å². The van der Waals surface area contributed by atoms with Crippen LogP contribution >= 0.6 is 0 Å². The van der Waals surface area contributed by atoms with Gasteiger partial charge in [0.15, 0.2) is 11.5 Å². The van der Waals surface area contributed by atoms with Crippen LogP contribution in [0.25, 0.3) is 10.9 Å². The molecule has 0 radical (unpaired) electrons. The largest absolute Gasteiger partial charge is 0.493 e. The molecule has 1 aromatic heterocycles. The molecule has 1 fully saturated rings. The summed E-state index contributed by atoms with van der Waals surface area (Å²) < 4.78 is 10.8. The van der Waals surface area contributed by atoms with Crippen LogP contribution in [0.4, 0.5) is 5.82 Å². The molecule has 2 heterocycles. The average Bonchev–Trinajstić information content (AvgIpc) is 2.75. The van der Waals surface area contributed by atoms with Crippen molar-refractivity contribution in [2.45, 2.75) is 46.6 Å². The van der Waals surface area contributed by atoms with Crippen LogP contribution in [0.3, 0.4) is 0 Å². The number of anilines is 1. The van der Waals surface area contributed by atoms with Gasteiger partial charge in [-0.15, -0.1) is 0 Å². The number of hydrogen-bond acceptors (Lipinski definition) is 5. The minimum atomic E-state index is 0.712. The van der Waals surface area contributed by atoms with Gasteiger partial charge in [0.1, 0.15) is 5.82 Å². The summed E-state index contributed by atoms with van der Waals surface area (Å²) in [4.78, 5) is 9.87. The minimum absolute atomic E-state index is 0.712. The van der Waals surface area contributed by atoms with Gasteiger partial charge in [0.25, 0.3) is 0 Å². The van der Waals surface area contributed by atoms with E-state index in [2.05, 4.69) is 35.8 Å². The fourth-order valence-electron chi connectivity index (χ4n) is 3.74. The highest BCUT2D eigenvalue weighted by molar-refractivity contribution is 5.84. The fourth-order valence-corrected chi connectivity index (χ4v) is 3.74. The van der Waals surface area contributed by atoms with Gasteiger partial charge in [0.2, 0.25) is 0 Å². The molecule has 0 bridgehead atoms. The van der Waals surface area contributed by atoms with Crippen LogP contribution in [-0.4, -0.2) is 56.3 Å². The Hall–Kier alpha value is -2.01. The van der Waals surface area contributed by atoms with Crippen LogP contribution in [0, 0.1) is 0 Å². The Morgan fingerprint density at radius 1 is 0.926 bits per heavy atom. The summed E-state index contributed by atoms with van der Waals surface area (Å²) >= 11 is 0. The van der Waals surface area contributed by atoms with E-state index in [-0.39, 0.29) is 0 Å². The number of methoxy groups -OCH3 is 2. The number of fused-ring (bicyclic) bond motifs is 1. The summed E-state index contributed by atoms with van der Waals surface area (Å²) in [6, 6.07) is 8.88. The molecule has 5 heteroatoms. The first-order valence-corrected chi connectivity index (χ1v) is 10.2. The Kier molecular flexibility index (Phi) is 8.17. The van der Waals surface area contributed by atoms with Crippen molar-refractivity contribution in [2.75, 3.05) is 45.3 Å². The smallest absolute Gasteiger partial charge is 0.162 e. The average molecular weight is 374 g/mol. The molecule has 1 aromatic carbocycles. The molecule has 1 aliphatic heterocycles. The van der Waals surface area contributed by atoms with Crippen LogP contribution in [0.1, 0.15) is 40.5 Å². The molecular formula is C22H35N3O2. The second kappa shape index (κ2) is 10.4. The van der Waals surface area contributed by atoms with Crippen LogP contribution in [0.5, 0.6) is 11.5 Å². The molecule has 2 aromatic rings. The molecule has 1 saturated heterocycles. The molecule has 0 unspecified atom stereocenters. The molecule has 0 aliphatic carbocycles. The molecule has 0 N–H and O–H groups in total. The summed E-state index contributed by atoms with van der Waals surface area (Å²) in [6.45, 7) is 12.8. The van der Waals surface area contributed by atoms with E-state index in [1.54, 1.807) is 14.2 Å². The van der Waals surface area contributed by atoms with E-state index >= 15 is 0 Å². The number of pyridine rings is 1. The number of nitrogens with zero attached hydrogens (tertiary/aromatic N) is 3. The third kappa shape index (κ3) is 4.83. The molecule has 0 atom stereocenters. The summed E-state index contributed by atoms with van der Waals surface area (Å²) in [5.74, 6) is 2.51. The Balaban J connectivity index is 0.00000126. The Morgan fingerprint density at radius 2 is 1.52 bits per heavy atom. The maximum atomic E-state index is 5.41. The zero-order valence-electron chi connectivity index (χ0n) is 17.8. The molecule has 27 heavy (non-hydrogen) atoms. The second-order valence-corrected chi connectivity index (χ2v) is 6.56. The SMILES string of the molecule is CC.CCC(CC)N1CCN(c2ccc3cc(OC)c(OC)cc3n2)CC1. The Morgan fingerprint density at radius 3 is 2.07 bits per heavy atom. The topological polar surface area (TPSA) is 37.8 Å². The van der Waals surface area contributed by atoms with Crippen molar-refractivity contribution < 1.29 is 9.47 Å². The van der Waals surface area contributed by atoms with Gasteiger partial charge in [-0.05, 0) is 31.0 Å². The molecule has 0 saturated carbocycles. The van der Waals surface area contributed by atoms with Crippen molar-refractivity contribution in [1.82, 2.24) is 9.88 Å². The number of ether oxygens (including phenoxy) is 2. The highest BCUT2D eigenvalue weighted by atomic mass is 16.5. The second-order valence-electron chi connectivity index (χ2n) is 6.56. The highest BCUT2D eigenvalue weighted by Gasteiger charge is 2.22. The van der Waals surface area contributed by atoms with Gasteiger partial charge >= 0.3 is 0 Å². The molecular weight excluding hydrogens is 338 g/mol. The van der Waals surface area contributed by atoms with Gasteiger partial charge in [0, 0.05) is 43.7 Å². The van der Waals surface area contributed by atoms with Crippen molar-refractivity contribution in [2.24, 2.45) is 0 Å². The molecule has 0 amide bonds. The number of benzene rings is 1. The van der Waals surface area contributed by atoms with Gasteiger partial charge in [-0.25, -0.2) is 4.98 Å². The lowest BCUT2D eigenvalue weighted by molar-refractivity contribution is 0.175. The van der Waals surface area contributed by atoms with Crippen LogP contribution in [-0.2, 0) is 0 Å². The van der Waals surface area contributed by atoms with E-state index in [0.29, 0.717) is 6.04 Å². The molecule has 150 valence electrons. The molecule has 0 spiro atoms. The molecule has 5 nitrogen and oxygen atoms in total. The zero-order valence-corrected chi connectivity index (χ0v) is 17.8. The summed E-state index contributed by atoms with van der Waals surface area (Å²) in [5, 5.41) is 1.07. The normalized spacial score (nSPS) is 14.9. The standard InChI is InChI=1S/C20H29N3O2.C2H6/c1-5-16(6-2)22-9-11-23(12-10-22)20-8-7-15-13-18(24-3)19(25-4)14-17(15)21-20;1-2/h7-8,13-14,16H,5-6,9-12H2,1-4H3;1-2H3. The van der Waals surface area contributed by atoms with E-state index in [0.717, 1.165) is 54.4 Å². The van der Waals surface area contributed by atoms with Gasteiger partial charge < -0.3 is 14.4 Å². The van der Waals surface area contributed by atoms with Crippen LogP contribution in [0.15, 0.2) is 24.3 Å². The van der Waals surface area contributed by atoms with Crippen molar-refractivity contribution in [3.8, 4) is 11.5 Å². The number of piperazine rings is 1. The predicted octanol–water partition coefficient (Wildman–Crippen LogP) is 4.59. The number of rotatable bonds is 6. The van der Waals surface area contributed by atoms with Gasteiger partial charge in [0.05, 0.1) is 19.7 Å². The van der Waals surface area contributed by atoms with E-state index in [1.807, 2.05) is 26.0 Å². The van der Waals surface area contributed by atoms with E-state index in [1.165, 1.54) is 12.8 Å². The monoisotopic (exact) mass is 373 g/mol. The third-order valence-electron chi connectivity index (χ3n) is 5.28. The predicted molar refractivity (Wildman–Crippen MR) is 114 cm³/mol. The zero-order chi connectivity index (χ0) is 19.8. The molecule has 1 aliphatic rings. The fraction of sp³-hybridized carbons (Fsp3) is 0.591. The first-order valence-electron chi connectivity index (χ1n) is 10.2. The number of hydrogen-bond donors (Lipinski definition) is 0. The maximum absolute atomic E-state index is 5.41.